The highest BCUT2D eigenvalue weighted by Crippen LogP contribution is 2.62. The van der Waals surface area contributed by atoms with Gasteiger partial charge in [-0.25, -0.2) is 4.79 Å². The predicted molar refractivity (Wildman–Crippen MR) is 93.5 cm³/mol. The lowest BCUT2D eigenvalue weighted by atomic mass is 9.46. The van der Waals surface area contributed by atoms with Gasteiger partial charge >= 0.3 is 6.03 Å². The lowest BCUT2D eigenvalue weighted by Crippen LogP contribution is -2.72. The molecule has 0 bridgehead atoms. The van der Waals surface area contributed by atoms with Gasteiger partial charge in [0.2, 0.25) is 0 Å². The summed E-state index contributed by atoms with van der Waals surface area (Å²) in [5, 5.41) is 6.40. The molecule has 2 saturated carbocycles. The normalized spacial score (nSPS) is 31.9. The molecule has 2 amide bonds. The highest BCUT2D eigenvalue weighted by Gasteiger charge is 2.67. The number of nitrogens with zero attached hydrogens (tertiary/aromatic N) is 1. The van der Waals surface area contributed by atoms with Gasteiger partial charge in [0.25, 0.3) is 0 Å². The van der Waals surface area contributed by atoms with Crippen molar-refractivity contribution >= 4 is 17.4 Å². The Morgan fingerprint density at radius 1 is 1.38 bits per heavy atom. The Hall–Kier alpha value is -1.75. The molecule has 2 heterocycles. The Labute approximate surface area is 142 Å². The summed E-state index contributed by atoms with van der Waals surface area (Å²) in [6, 6.07) is 6.39. The van der Waals surface area contributed by atoms with Gasteiger partial charge in [0.1, 0.15) is 0 Å². The number of rotatable bonds is 2. The van der Waals surface area contributed by atoms with Crippen LogP contribution in [0.4, 0.5) is 16.2 Å². The molecule has 0 unspecified atom stereocenters. The molecule has 1 aromatic rings. The second kappa shape index (κ2) is 5.12. The van der Waals surface area contributed by atoms with Crippen molar-refractivity contribution in [2.75, 3.05) is 30.4 Å². The summed E-state index contributed by atoms with van der Waals surface area (Å²) in [5.74, 6) is 0.517. The molecule has 3 atom stereocenters. The van der Waals surface area contributed by atoms with E-state index in [4.69, 9.17) is 4.74 Å². The van der Waals surface area contributed by atoms with Gasteiger partial charge in [-0.05, 0) is 37.8 Å². The molecule has 2 aliphatic carbocycles. The number of carbonyl (C=O) groups excluding carboxylic acids is 1. The Morgan fingerprint density at radius 2 is 2.25 bits per heavy atom. The first-order chi connectivity index (χ1) is 11.7. The van der Waals surface area contributed by atoms with Crippen molar-refractivity contribution in [3.8, 4) is 0 Å². The van der Waals surface area contributed by atoms with Crippen LogP contribution in [0.25, 0.3) is 0 Å². The van der Waals surface area contributed by atoms with E-state index in [2.05, 4.69) is 28.6 Å². The van der Waals surface area contributed by atoms with Crippen molar-refractivity contribution in [3.63, 3.8) is 0 Å². The van der Waals surface area contributed by atoms with E-state index >= 15 is 0 Å². The van der Waals surface area contributed by atoms with E-state index < -0.39 is 0 Å². The summed E-state index contributed by atoms with van der Waals surface area (Å²) >= 11 is 0. The first-order valence-electron chi connectivity index (χ1n) is 9.21. The number of urea groups is 1. The quantitative estimate of drug-likeness (QED) is 0.878. The summed E-state index contributed by atoms with van der Waals surface area (Å²) in [7, 11) is 2.10. The number of carbonyl (C=O) groups is 1. The summed E-state index contributed by atoms with van der Waals surface area (Å²) < 4.78 is 5.93. The number of likely N-dealkylation sites (N-methyl/N-ethyl adjacent to an activating group) is 1. The Balaban J connectivity index is 1.30. The van der Waals surface area contributed by atoms with Crippen molar-refractivity contribution in [2.24, 2.45) is 11.3 Å². The minimum absolute atomic E-state index is 0.0559. The SMILES string of the molecule is CN1CCc2c(NC(=O)N[C@@H]3[C@@H]4CCO[C@@H]4C34CCC4)cccc21. The molecule has 2 N–H and O–H groups in total. The molecule has 2 aliphatic heterocycles. The maximum atomic E-state index is 12.6. The minimum Gasteiger partial charge on any atom is -0.377 e. The van der Waals surface area contributed by atoms with E-state index in [9.17, 15) is 4.79 Å². The molecule has 1 saturated heterocycles. The number of benzene rings is 1. The Morgan fingerprint density at radius 3 is 3.04 bits per heavy atom. The fraction of sp³-hybridized carbons (Fsp3) is 0.632. The number of hydrogen-bond acceptors (Lipinski definition) is 3. The van der Waals surface area contributed by atoms with Crippen molar-refractivity contribution in [2.45, 2.75) is 44.2 Å². The van der Waals surface area contributed by atoms with Crippen molar-refractivity contribution < 1.29 is 9.53 Å². The first kappa shape index (κ1) is 14.6. The van der Waals surface area contributed by atoms with Crippen molar-refractivity contribution in [3.05, 3.63) is 23.8 Å². The third-order valence-corrected chi connectivity index (χ3v) is 6.83. The van der Waals surface area contributed by atoms with E-state index in [1.165, 1.54) is 30.5 Å². The van der Waals surface area contributed by atoms with Gasteiger partial charge in [-0.15, -0.1) is 0 Å². The maximum Gasteiger partial charge on any atom is 0.319 e. The minimum atomic E-state index is -0.0559. The zero-order chi connectivity index (χ0) is 16.3. The molecule has 1 spiro atoms. The number of hydrogen-bond donors (Lipinski definition) is 2. The van der Waals surface area contributed by atoms with Gasteiger partial charge in [-0.2, -0.15) is 0 Å². The highest BCUT2D eigenvalue weighted by molar-refractivity contribution is 5.92. The third kappa shape index (κ3) is 1.88. The number of ether oxygens (including phenoxy) is 1. The maximum absolute atomic E-state index is 12.6. The average molecular weight is 327 g/mol. The van der Waals surface area contributed by atoms with Gasteiger partial charge in [-0.1, -0.05) is 12.5 Å². The lowest BCUT2D eigenvalue weighted by molar-refractivity contribution is -0.171. The summed E-state index contributed by atoms with van der Waals surface area (Å²) in [6.07, 6.45) is 6.14. The number of fused-ring (bicyclic) bond motifs is 3. The zero-order valence-electron chi connectivity index (χ0n) is 14.2. The highest BCUT2D eigenvalue weighted by atomic mass is 16.5. The van der Waals surface area contributed by atoms with Gasteiger partial charge in [0.05, 0.1) is 6.10 Å². The van der Waals surface area contributed by atoms with Crippen LogP contribution in [-0.2, 0) is 11.2 Å². The molecule has 0 radical (unpaired) electrons. The Kier molecular flexibility index (Phi) is 3.11. The van der Waals surface area contributed by atoms with Crippen LogP contribution in [0, 0.1) is 11.3 Å². The molecular weight excluding hydrogens is 302 g/mol. The standard InChI is InChI=1S/C19H25N3O2/c1-22-10-6-12-14(4-2-5-15(12)22)20-18(23)21-16-13-7-11-24-17(13)19(16)8-3-9-19/h2,4-5,13,16-17H,3,6-11H2,1H3,(H2,20,21,23)/t13-,16+,17-/m0/s1. The topological polar surface area (TPSA) is 53.6 Å². The van der Waals surface area contributed by atoms with E-state index in [1.807, 2.05) is 12.1 Å². The Bertz CT molecular complexity index is 685. The lowest BCUT2D eigenvalue weighted by Gasteiger charge is -2.63. The molecule has 0 aromatic heterocycles. The molecule has 128 valence electrons. The second-order valence-corrected chi connectivity index (χ2v) is 7.88. The van der Waals surface area contributed by atoms with Gasteiger partial charge in [-0.3, -0.25) is 0 Å². The smallest absolute Gasteiger partial charge is 0.319 e. The van der Waals surface area contributed by atoms with Crippen LogP contribution < -0.4 is 15.5 Å². The molecule has 1 aromatic carbocycles. The van der Waals surface area contributed by atoms with Crippen molar-refractivity contribution in [1.82, 2.24) is 5.32 Å². The fourth-order valence-electron chi connectivity index (χ4n) is 5.47. The van der Waals surface area contributed by atoms with Crippen LogP contribution in [-0.4, -0.2) is 38.4 Å². The molecule has 5 heteroatoms. The van der Waals surface area contributed by atoms with Gasteiger partial charge in [0, 0.05) is 54.5 Å². The van der Waals surface area contributed by atoms with Crippen LogP contribution >= 0.6 is 0 Å². The van der Waals surface area contributed by atoms with E-state index in [1.54, 1.807) is 0 Å². The molecule has 3 fully saturated rings. The largest absolute Gasteiger partial charge is 0.377 e. The summed E-state index contributed by atoms with van der Waals surface area (Å²) in [4.78, 5) is 14.9. The van der Waals surface area contributed by atoms with Crippen LogP contribution in [0.15, 0.2) is 18.2 Å². The van der Waals surface area contributed by atoms with Crippen LogP contribution in [0.2, 0.25) is 0 Å². The monoisotopic (exact) mass is 327 g/mol. The summed E-state index contributed by atoms with van der Waals surface area (Å²) in [5.41, 5.74) is 3.67. The van der Waals surface area contributed by atoms with Crippen LogP contribution in [0.3, 0.4) is 0 Å². The zero-order valence-corrected chi connectivity index (χ0v) is 14.2. The fourth-order valence-corrected chi connectivity index (χ4v) is 5.47. The average Bonchev–Trinajstić information content (AvgIpc) is 3.10. The predicted octanol–water partition coefficient (Wildman–Crippen LogP) is 2.76. The first-order valence-corrected chi connectivity index (χ1v) is 9.21. The second-order valence-electron chi connectivity index (χ2n) is 7.88. The summed E-state index contributed by atoms with van der Waals surface area (Å²) in [6.45, 7) is 1.87. The van der Waals surface area contributed by atoms with Crippen LogP contribution in [0.5, 0.6) is 0 Å². The van der Waals surface area contributed by atoms with Crippen molar-refractivity contribution in [1.29, 1.82) is 0 Å². The number of amides is 2. The number of anilines is 2. The van der Waals surface area contributed by atoms with Gasteiger partial charge in [0.15, 0.2) is 0 Å². The van der Waals surface area contributed by atoms with Crippen LogP contribution in [0.1, 0.15) is 31.2 Å². The molecule has 4 aliphatic rings. The third-order valence-electron chi connectivity index (χ3n) is 6.83. The molecule has 24 heavy (non-hydrogen) atoms. The van der Waals surface area contributed by atoms with Gasteiger partial charge < -0.3 is 20.3 Å². The van der Waals surface area contributed by atoms with E-state index in [0.717, 1.165) is 31.7 Å². The molecule has 5 nitrogen and oxygen atoms in total. The molecule has 5 rings (SSSR count). The van der Waals surface area contributed by atoms with E-state index in [0.29, 0.717) is 12.0 Å². The molecular formula is C19H25N3O2. The van der Waals surface area contributed by atoms with E-state index in [-0.39, 0.29) is 17.5 Å². The number of nitrogens with one attached hydrogen (secondary N) is 2.